The Morgan fingerprint density at radius 2 is 0.728 bits per heavy atom. The van der Waals surface area contributed by atoms with Crippen molar-refractivity contribution in [3.05, 3.63) is 225 Å². The van der Waals surface area contributed by atoms with Crippen LogP contribution in [0.5, 0.6) is 17.2 Å². The molecule has 9 aromatic carbocycles. The first kappa shape index (κ1) is 67.9. The number of aryl methyl sites for hydroxylation is 1. The zero-order valence-electron chi connectivity index (χ0n) is 48.8. The van der Waals surface area contributed by atoms with Crippen molar-refractivity contribution in [2.24, 2.45) is 0 Å². The van der Waals surface area contributed by atoms with Crippen LogP contribution in [0.1, 0.15) is 118 Å². The van der Waals surface area contributed by atoms with Crippen LogP contribution in [-0.2, 0) is 32.3 Å². The maximum absolute atomic E-state index is 14.0. The molecule has 0 radical (unpaired) electrons. The molecule has 4 aliphatic heterocycles. The van der Waals surface area contributed by atoms with Crippen LogP contribution in [0.25, 0.3) is 32.7 Å². The van der Waals surface area contributed by atoms with Crippen molar-refractivity contribution < 1.29 is 124 Å². The van der Waals surface area contributed by atoms with Gasteiger partial charge in [-0.05, 0) is 134 Å². The van der Waals surface area contributed by atoms with E-state index >= 15 is 0 Å². The molecule has 0 aromatic heterocycles. The molecule has 466 valence electrons. The van der Waals surface area contributed by atoms with Crippen molar-refractivity contribution in [2.45, 2.75) is 25.7 Å². The average Bonchev–Trinajstić information content (AvgIpc) is 0.720. The van der Waals surface area contributed by atoms with E-state index in [1.165, 1.54) is 99.0 Å². The third-order valence-electron chi connectivity index (χ3n) is 14.9. The van der Waals surface area contributed by atoms with Gasteiger partial charge in [-0.15, -0.1) is 12.6 Å². The summed E-state index contributed by atoms with van der Waals surface area (Å²) in [6.07, 6.45) is 0. The predicted octanol–water partition coefficient (Wildman–Crippen LogP) is 9.34. The smallest absolute Gasteiger partial charge is 0.425 e. The van der Waals surface area contributed by atoms with Gasteiger partial charge in [0.05, 0.1) is 18.5 Å². The quantitative estimate of drug-likeness (QED) is 0.0798. The number of amides is 8. The Kier molecular flexibility index (Phi) is 20.3. The van der Waals surface area contributed by atoms with Gasteiger partial charge in [0, 0.05) is 135 Å². The second kappa shape index (κ2) is 27.6. The van der Waals surface area contributed by atoms with Gasteiger partial charge in [-0.1, -0.05) is 61.9 Å². The van der Waals surface area contributed by atoms with Gasteiger partial charge in [0.2, 0.25) is 0 Å². The van der Waals surface area contributed by atoms with Crippen LogP contribution >= 0.6 is 0 Å². The number of benzene rings is 9. The molecule has 0 saturated carbocycles. The number of carbonyl (C=O) groups excluding carboxylic acids is 9. The summed E-state index contributed by atoms with van der Waals surface area (Å²) in [7, 11) is -3.84. The molecule has 23 nitrogen and oxygen atoms in total. The second-order valence-corrected chi connectivity index (χ2v) is 21.8. The van der Waals surface area contributed by atoms with E-state index < -0.39 is 84.5 Å². The first-order valence-electron chi connectivity index (χ1n) is 27.0. The Bertz CT molecular complexity index is 4780. The summed E-state index contributed by atoms with van der Waals surface area (Å²) >= 11 is -0.750. The summed E-state index contributed by atoms with van der Waals surface area (Å²) < 4.78 is 89.0. The van der Waals surface area contributed by atoms with Crippen molar-refractivity contribution in [3.8, 4) is 28.4 Å². The molecule has 92 heavy (non-hydrogen) atoms. The molecule has 27 heteroatoms. The number of rotatable bonds is 9. The molecule has 0 atom stereocenters. The van der Waals surface area contributed by atoms with Gasteiger partial charge >= 0.3 is 22.2 Å². The molecule has 1 N–H and O–H groups in total. The van der Waals surface area contributed by atoms with E-state index in [1.54, 1.807) is 31.4 Å². The zero-order valence-corrected chi connectivity index (χ0v) is 51.9. The average molecular weight is 1320 g/mol. The van der Waals surface area contributed by atoms with Crippen molar-refractivity contribution in [1.82, 2.24) is 9.80 Å². The molecular weight excluding hydrogens is 1280 g/mol. The van der Waals surface area contributed by atoms with E-state index in [-0.39, 0.29) is 132 Å². The first-order chi connectivity index (χ1) is 43.4. The monoisotopic (exact) mass is 1320 g/mol. The minimum absolute atomic E-state index is 0. The summed E-state index contributed by atoms with van der Waals surface area (Å²) in [6.45, 7) is 6.00. The number of ether oxygens (including phenoxy) is 2. The largest absolute Gasteiger partial charge is 0.497 e. The molecule has 0 spiro atoms. The molecule has 0 fully saturated rings. The van der Waals surface area contributed by atoms with E-state index in [4.69, 9.17) is 30.5 Å². The van der Waals surface area contributed by atoms with Crippen LogP contribution in [0.4, 0.5) is 11.4 Å². The summed E-state index contributed by atoms with van der Waals surface area (Å²) in [5.74, 6) is -3.32. The number of anilines is 2. The maximum atomic E-state index is 14.0. The molecule has 4 aliphatic rings. The fourth-order valence-corrected chi connectivity index (χ4v) is 11.4. The Labute approximate surface area is 558 Å². The fraction of sp³-hybridized carbons (Fsp3) is 0.0923. The van der Waals surface area contributed by atoms with Gasteiger partial charge < -0.3 is 9.47 Å². The Morgan fingerprint density at radius 3 is 1.07 bits per heavy atom. The van der Waals surface area contributed by atoms with Crippen LogP contribution < -0.4 is 19.3 Å². The third kappa shape index (κ3) is 12.6. The number of ketones is 1. The predicted molar refractivity (Wildman–Crippen MR) is 329 cm³/mol. The molecule has 13 rings (SSSR count). The SMILES string of the molecule is CC.CN1C(=O)c2ccc3c4c(ccc(c24)C1=O)C(=O)N(c1ccc(-c2ccc(N4C(=O)c5ccc6c7c(ccc(c57)C4=O)C(=O)N(C)C6=O)cc2S(=O)(=O)O)cc1)C3=O.COc1ccc(Oc2ccc(C(=O)c3ccc(C)cc3)cc2)cc1.O=S(=O)=O.O=S=O.[Ar]. The molecule has 4 heterocycles. The fourth-order valence-electron chi connectivity index (χ4n) is 10.7. The number of hydrogen-bond acceptors (Lipinski definition) is 18. The standard InChI is InChI=1S/C42H22N4O11S.C21H18O3.C2H6.Ar.O3S.O2S/c1-43-35(47)22-9-13-26-33-27(14-10-23(31(22)33)36(43)48)40(52)45(39(26)51)19-5-3-18(4-6-19)21-8-7-20(17-30(21)58(55,56)57)46-41(53)28-15-11-24-32-25(38(50)44(2)37(24)49)12-16-29(34(28)32)42(46)54;1-15-3-5-16(6-4-15)21(22)17-7-9-19(10-8-17)24-20-13-11-18(23-2)12-14-20;1-2;;1-4(2)3;1-3-2/h3-17H,1-2H3,(H,55,56,57);3-14H,1-2H3;1-2H3;;;. The number of methoxy groups -OCH3 is 1. The van der Waals surface area contributed by atoms with Crippen molar-refractivity contribution in [1.29, 1.82) is 0 Å². The van der Waals surface area contributed by atoms with Crippen LogP contribution in [-0.4, -0.2) is 118 Å². The van der Waals surface area contributed by atoms with Gasteiger partial charge in [0.15, 0.2) is 5.78 Å². The van der Waals surface area contributed by atoms with E-state index in [0.29, 0.717) is 22.6 Å². The van der Waals surface area contributed by atoms with Gasteiger partial charge in [-0.2, -0.15) is 16.8 Å². The molecule has 0 saturated heterocycles. The van der Waals surface area contributed by atoms with Crippen molar-refractivity contribution >= 4 is 118 Å². The molecular formula is C65H46ArN4O19S3. The Balaban J connectivity index is 0.000000266. The van der Waals surface area contributed by atoms with Crippen LogP contribution in [0.3, 0.4) is 0 Å². The van der Waals surface area contributed by atoms with Gasteiger partial charge in [-0.3, -0.25) is 57.5 Å². The maximum Gasteiger partial charge on any atom is 0.425 e. The minimum atomic E-state index is -5.02. The number of carbonyl (C=O) groups is 9. The van der Waals surface area contributed by atoms with Gasteiger partial charge in [-0.25, -0.2) is 9.80 Å². The van der Waals surface area contributed by atoms with Gasteiger partial charge in [0.25, 0.3) is 57.4 Å². The summed E-state index contributed by atoms with van der Waals surface area (Å²) in [4.78, 5) is 123. The van der Waals surface area contributed by atoms with E-state index in [0.717, 1.165) is 37.0 Å². The molecule has 0 aliphatic carbocycles. The van der Waals surface area contributed by atoms with Crippen LogP contribution in [0, 0.1) is 44.7 Å². The zero-order chi connectivity index (χ0) is 66.1. The number of hydrogen-bond donors (Lipinski definition) is 1. The topological polar surface area (TPSA) is 325 Å². The van der Waals surface area contributed by atoms with E-state index in [2.05, 4.69) is 0 Å². The second-order valence-electron chi connectivity index (χ2n) is 19.8. The molecule has 0 unspecified atom stereocenters. The van der Waals surface area contributed by atoms with Crippen molar-refractivity contribution in [3.63, 3.8) is 0 Å². The molecule has 0 bridgehead atoms. The summed E-state index contributed by atoms with van der Waals surface area (Å²) in [5, 5.41) is 0.702. The minimum Gasteiger partial charge on any atom is -0.497 e. The van der Waals surface area contributed by atoms with Crippen LogP contribution in [0.15, 0.2) is 169 Å². The Morgan fingerprint density at radius 1 is 0.446 bits per heavy atom. The first-order valence-corrected chi connectivity index (χ1v) is 30.1. The number of nitrogens with zero attached hydrogens (tertiary/aromatic N) is 4. The van der Waals surface area contributed by atoms with Crippen molar-refractivity contribution in [2.75, 3.05) is 31.0 Å². The van der Waals surface area contributed by atoms with E-state index in [9.17, 15) is 56.1 Å². The van der Waals surface area contributed by atoms with Crippen LogP contribution in [0.2, 0.25) is 0 Å². The third-order valence-corrected chi connectivity index (χ3v) is 15.8. The number of imide groups is 4. The summed E-state index contributed by atoms with van der Waals surface area (Å²) in [5.41, 5.74) is 3.33. The normalized spacial score (nSPS) is 13.3. The molecule has 8 amide bonds. The van der Waals surface area contributed by atoms with E-state index in [1.807, 2.05) is 69.3 Å². The Hall–Kier alpha value is -10.1. The van der Waals surface area contributed by atoms with Gasteiger partial charge in [0.1, 0.15) is 22.1 Å². The summed E-state index contributed by atoms with van der Waals surface area (Å²) in [6, 6.07) is 42.4. The molecule has 9 aromatic rings.